The van der Waals surface area contributed by atoms with E-state index in [1.807, 2.05) is 4.90 Å². The number of aromatic nitrogens is 1. The number of phenols is 3. The monoisotopic (exact) mass is 1160 g/mol. The van der Waals surface area contributed by atoms with E-state index in [9.17, 15) is 54.6 Å². The number of rotatable bonds is 9. The van der Waals surface area contributed by atoms with Gasteiger partial charge in [-0.1, -0.05) is 45.9 Å². The summed E-state index contributed by atoms with van der Waals surface area (Å²) in [6.45, 7) is 15.7. The average Bonchev–Trinajstić information content (AvgIpc) is 1.93. The number of carbonyl (C=O) groups is 4. The van der Waals surface area contributed by atoms with E-state index < -0.39 is 106 Å². The molecule has 7 aliphatic rings. The zero-order valence-corrected chi connectivity index (χ0v) is 48.7. The Morgan fingerprint density at radius 3 is 2.24 bits per heavy atom. The number of halogens is 1. The number of ketones is 1. The number of ether oxygens (including phenoxy) is 4. The number of piperazine rings is 1. The van der Waals surface area contributed by atoms with E-state index >= 15 is 4.39 Å². The second kappa shape index (κ2) is 22.8. The van der Waals surface area contributed by atoms with Gasteiger partial charge in [0.1, 0.15) is 34.7 Å². The molecule has 1 amide bonds. The maximum absolute atomic E-state index is 16.0. The van der Waals surface area contributed by atoms with Gasteiger partial charge in [-0.25, -0.2) is 9.18 Å². The molecule has 2 aliphatic carbocycles. The molecule has 3 aromatic carbocycles. The third-order valence-corrected chi connectivity index (χ3v) is 18.6. The number of Topliss-reactive ketones (excluding diaryl/α,β-unsaturated/α-hetero) is 1. The van der Waals surface area contributed by atoms with Crippen molar-refractivity contribution in [3.05, 3.63) is 92.8 Å². The number of hydrogen-bond acceptors (Lipinski definition) is 18. The Kier molecular flexibility index (Phi) is 16.2. The molecule has 21 nitrogen and oxygen atoms in total. The first kappa shape index (κ1) is 59.6. The van der Waals surface area contributed by atoms with Crippen LogP contribution in [-0.2, 0) is 23.8 Å². The minimum Gasteiger partial charge on any atom is -0.507 e. The first-order valence-electron chi connectivity index (χ1n) is 28.8. The molecule has 84 heavy (non-hydrogen) atoms. The zero-order chi connectivity index (χ0) is 60.6. The number of methoxy groups -OCH3 is 1. The molecule has 11 rings (SSSR count). The maximum atomic E-state index is 16.0. The molecule has 0 radical (unpaired) electrons. The predicted molar refractivity (Wildman–Crippen MR) is 310 cm³/mol. The Hall–Kier alpha value is -7.53. The van der Waals surface area contributed by atoms with Crippen LogP contribution in [0.15, 0.2) is 64.4 Å². The number of aliphatic hydroxyl groups is 2. The Bertz CT molecular complexity index is 3530. The predicted octanol–water partition coefficient (Wildman–Crippen LogP) is 7.25. The Morgan fingerprint density at radius 2 is 1.60 bits per heavy atom. The van der Waals surface area contributed by atoms with Crippen molar-refractivity contribution >= 4 is 62.9 Å². The van der Waals surface area contributed by atoms with E-state index in [4.69, 9.17) is 24.0 Å². The number of aliphatic hydroxyl groups excluding tert-OH is 2. The molecule has 5 aliphatic heterocycles. The van der Waals surface area contributed by atoms with E-state index in [1.165, 1.54) is 71.7 Å². The number of carbonyl (C=O) groups excluding carboxylic acids is 3. The summed E-state index contributed by atoms with van der Waals surface area (Å²) in [6.07, 6.45) is 10.4. The van der Waals surface area contributed by atoms with Crippen LogP contribution in [0.4, 0.5) is 15.8 Å². The van der Waals surface area contributed by atoms with Crippen LogP contribution < -0.4 is 20.4 Å². The normalized spacial score (nSPS) is 30.1. The van der Waals surface area contributed by atoms with E-state index in [-0.39, 0.29) is 72.9 Å². The fraction of sp³-hybridized carbons (Fsp3) is 0.516. The van der Waals surface area contributed by atoms with Crippen molar-refractivity contribution in [3.8, 4) is 23.0 Å². The molecule has 2 saturated carbocycles. The lowest BCUT2D eigenvalue weighted by Crippen LogP contribution is -2.53. The number of aromatic hydroxyl groups is 3. The van der Waals surface area contributed by atoms with Crippen molar-refractivity contribution in [1.29, 1.82) is 0 Å². The number of aromatic carboxylic acids is 1. The Labute approximate surface area is 485 Å². The molecule has 1 aromatic heterocycles. The first-order chi connectivity index (χ1) is 39.8. The molecule has 5 bridgehead atoms. The maximum Gasteiger partial charge on any atom is 0.341 e. The number of anilines is 2. The summed E-state index contributed by atoms with van der Waals surface area (Å²) in [5, 5.41) is 78.2. The number of nitrogens with zero attached hydrogens (tertiary/aromatic N) is 5. The second-order valence-electron chi connectivity index (χ2n) is 24.0. The second-order valence-corrected chi connectivity index (χ2v) is 24.0. The number of amides is 1. The van der Waals surface area contributed by atoms with Gasteiger partial charge in [0.15, 0.2) is 5.75 Å². The van der Waals surface area contributed by atoms with Gasteiger partial charge in [-0.05, 0) is 70.1 Å². The molecule has 4 aromatic rings. The van der Waals surface area contributed by atoms with Crippen LogP contribution in [0, 0.1) is 42.3 Å². The van der Waals surface area contributed by atoms with Crippen LogP contribution in [-0.4, -0.2) is 157 Å². The Balaban J connectivity index is 0.945. The quantitative estimate of drug-likeness (QED) is 0.0376. The van der Waals surface area contributed by atoms with Crippen LogP contribution in [0.5, 0.6) is 23.0 Å². The highest BCUT2D eigenvalue weighted by atomic mass is 19.1. The minimum atomic E-state index is -2.11. The first-order valence-corrected chi connectivity index (χ1v) is 28.8. The molecule has 4 fully saturated rings. The number of nitrogens with one attached hydrogen (secondary N) is 1. The van der Waals surface area contributed by atoms with E-state index in [0.717, 1.165) is 32.1 Å². The van der Waals surface area contributed by atoms with Gasteiger partial charge in [0.2, 0.25) is 5.43 Å². The molecular formula is C62H75FN6O15. The number of phenolic OH excluding ortho intramolecular Hbond substituents is 3. The molecule has 6 heterocycles. The summed E-state index contributed by atoms with van der Waals surface area (Å²) >= 11 is 0. The molecule has 22 heteroatoms. The fourth-order valence-electron chi connectivity index (χ4n) is 13.2. The van der Waals surface area contributed by atoms with Gasteiger partial charge in [-0.2, -0.15) is 5.10 Å². The van der Waals surface area contributed by atoms with Gasteiger partial charge in [-0.3, -0.25) is 29.1 Å². The van der Waals surface area contributed by atoms with Gasteiger partial charge < -0.3 is 64.4 Å². The van der Waals surface area contributed by atoms with Crippen molar-refractivity contribution in [3.63, 3.8) is 0 Å². The molecule has 7 N–H and O–H groups in total. The average molecular weight is 1160 g/mol. The van der Waals surface area contributed by atoms with Gasteiger partial charge in [-0.15, -0.1) is 0 Å². The minimum absolute atomic E-state index is 0.0172. The van der Waals surface area contributed by atoms with Gasteiger partial charge in [0.05, 0.1) is 64.2 Å². The summed E-state index contributed by atoms with van der Waals surface area (Å²) in [5.41, 5.74) is -0.927. The van der Waals surface area contributed by atoms with Crippen LogP contribution in [0.25, 0.3) is 21.7 Å². The van der Waals surface area contributed by atoms with E-state index in [2.05, 4.69) is 10.2 Å². The standard InChI is InChI=1S/C62H75FN6O15/c1-30-11-10-12-31(2)59(78)65-49-40(27-64-68-22-20-67(21-23-68)62(17-18-62)37-15-19-66(28-37)44-26-43-39(25-42(44)63)53(74)41(60(79)80)29-69(43)38-13-14-38)54(75)46-47(55(49)76)52(73)35(6)57-48(46)58(77)61(8,84-57)82-24-16-45(81-9)32(3)56(83-36(7)70)34(5)51(72)33(4)50(30)71/h10-12,16,24-27,29-30,32-34,37-38,45,50-51,56,71-73,75-76H,13-15,17-23,28H2,1-9H3,(H,65,78)(H,79,80)/b11-10+,24-16+,31-12-,64-27+/t30-,32-,33-,34-,37?,45+,50+,51-,56-,61+/m1/s1. The topological polar surface area (TPSA) is 283 Å². The smallest absolute Gasteiger partial charge is 0.341 e. The van der Waals surface area contributed by atoms with Crippen molar-refractivity contribution in [2.75, 3.05) is 56.6 Å². The van der Waals surface area contributed by atoms with Crippen LogP contribution in [0.1, 0.15) is 118 Å². The van der Waals surface area contributed by atoms with Crippen LogP contribution in [0.2, 0.25) is 0 Å². The van der Waals surface area contributed by atoms with Gasteiger partial charge in [0, 0.05) is 124 Å². The number of benzene rings is 3. The third kappa shape index (κ3) is 10.6. The van der Waals surface area contributed by atoms with Crippen LogP contribution in [0.3, 0.4) is 0 Å². The molecule has 450 valence electrons. The highest BCUT2D eigenvalue weighted by molar-refractivity contribution is 6.24. The number of hydrazone groups is 1. The highest BCUT2D eigenvalue weighted by Crippen LogP contribution is 2.56. The Morgan fingerprint density at radius 1 is 0.893 bits per heavy atom. The van der Waals surface area contributed by atoms with Crippen molar-refractivity contribution in [2.24, 2.45) is 34.7 Å². The summed E-state index contributed by atoms with van der Waals surface area (Å²) in [6, 6.07) is 2.92. The lowest BCUT2D eigenvalue weighted by atomic mass is 9.78. The summed E-state index contributed by atoms with van der Waals surface area (Å²) < 4.78 is 41.7. The largest absolute Gasteiger partial charge is 0.507 e. The van der Waals surface area contributed by atoms with Crippen molar-refractivity contribution < 1.29 is 73.2 Å². The SMILES string of the molecule is CO[C@H]1/C=C/O[C@@]2(C)Oc3c(C)c(O)c4c(O)c(c(/C=N/N5CCN(C6(C7CCN(c8cc9c(cc8F)c(=O)c(C(=O)O)cn9C8CC8)C7)CC6)CC5)c(O)c4c3C2=O)NC(=O)/C(C)=C\C=C\[C@@H](C)[C@H](O)[C@@H](C)[C@@H](O)[C@@H](C)[C@H](OC(C)=O)[C@@H]1C. The van der Waals surface area contributed by atoms with E-state index in [1.54, 1.807) is 55.5 Å². The number of hydrogen-bond donors (Lipinski definition) is 7. The molecule has 2 saturated heterocycles. The van der Waals surface area contributed by atoms with Gasteiger partial charge in [0.25, 0.3) is 11.7 Å². The van der Waals surface area contributed by atoms with E-state index in [0.29, 0.717) is 50.5 Å². The lowest BCUT2D eigenvalue weighted by molar-refractivity contribution is -0.160. The molecular weight excluding hydrogens is 1090 g/mol. The summed E-state index contributed by atoms with van der Waals surface area (Å²) in [5.74, 6) is -10.6. The molecule has 1 unspecified atom stereocenters. The number of allylic oxidation sites excluding steroid dienone is 2. The number of esters is 1. The van der Waals surface area contributed by atoms with Crippen molar-refractivity contribution in [1.82, 2.24) is 14.5 Å². The molecule has 10 atom stereocenters. The molecule has 0 spiro atoms. The summed E-state index contributed by atoms with van der Waals surface area (Å²) in [4.78, 5) is 71.0. The summed E-state index contributed by atoms with van der Waals surface area (Å²) in [7, 11) is 1.43. The number of carboxylic acid groups (broad SMARTS) is 1. The lowest BCUT2D eigenvalue weighted by Gasteiger charge is -2.41. The van der Waals surface area contributed by atoms with Crippen LogP contribution >= 0.6 is 0 Å². The van der Waals surface area contributed by atoms with Crippen molar-refractivity contribution in [2.45, 2.75) is 129 Å². The highest BCUT2D eigenvalue weighted by Gasteiger charge is 2.56. The number of pyridine rings is 1. The fourth-order valence-corrected chi connectivity index (χ4v) is 13.2. The zero-order valence-electron chi connectivity index (χ0n) is 48.7. The number of fused-ring (bicyclic) bond motifs is 15. The third-order valence-electron chi connectivity index (χ3n) is 18.6. The van der Waals surface area contributed by atoms with Gasteiger partial charge >= 0.3 is 17.7 Å². The number of carboxylic acids is 1.